The summed E-state index contributed by atoms with van der Waals surface area (Å²) < 4.78 is 31.4. The average molecular weight is 408 g/mol. The van der Waals surface area contributed by atoms with Gasteiger partial charge in [-0.1, -0.05) is 0 Å². The first kappa shape index (κ1) is 19.5. The van der Waals surface area contributed by atoms with Crippen molar-refractivity contribution in [1.29, 1.82) is 0 Å². The minimum Gasteiger partial charge on any atom is -0.448 e. The van der Waals surface area contributed by atoms with Gasteiger partial charge in [-0.25, -0.2) is 24.0 Å². The van der Waals surface area contributed by atoms with Crippen LogP contribution in [-0.4, -0.2) is 34.6 Å². The standard InChI is InChI=1S/C17H14F2N4O4S/c1-8(27-16(26)12-4-5-14(24)23-22-12)15(25)21-17-20-13(7-28-17)9-2-3-10(18)11(19)6-9/h2-3,6-8H,4-5H2,1H3,(H,23,24)(H,20,21,25)/t8-/m0/s1. The van der Waals surface area contributed by atoms with Crippen LogP contribution in [0.4, 0.5) is 13.9 Å². The van der Waals surface area contributed by atoms with E-state index in [4.69, 9.17) is 4.74 Å². The first-order valence-corrected chi connectivity index (χ1v) is 8.99. The minimum atomic E-state index is -1.14. The zero-order valence-electron chi connectivity index (χ0n) is 14.5. The highest BCUT2D eigenvalue weighted by Gasteiger charge is 2.25. The molecule has 2 amide bonds. The molecule has 1 aliphatic rings. The van der Waals surface area contributed by atoms with E-state index in [-0.39, 0.29) is 29.6 Å². The van der Waals surface area contributed by atoms with Crippen LogP contribution in [0.15, 0.2) is 28.7 Å². The summed E-state index contributed by atoms with van der Waals surface area (Å²) in [7, 11) is 0. The molecule has 0 unspecified atom stereocenters. The lowest BCUT2D eigenvalue weighted by molar-refractivity contribution is -0.146. The van der Waals surface area contributed by atoms with Gasteiger partial charge in [0, 0.05) is 23.8 Å². The quantitative estimate of drug-likeness (QED) is 0.738. The van der Waals surface area contributed by atoms with Gasteiger partial charge in [0.05, 0.1) is 5.69 Å². The lowest BCUT2D eigenvalue weighted by Gasteiger charge is -2.15. The van der Waals surface area contributed by atoms with Crippen LogP contribution < -0.4 is 10.7 Å². The van der Waals surface area contributed by atoms with Crippen molar-refractivity contribution in [3.05, 3.63) is 35.2 Å². The number of thiazole rings is 1. The molecule has 28 heavy (non-hydrogen) atoms. The second-order valence-electron chi connectivity index (χ2n) is 5.80. The van der Waals surface area contributed by atoms with Crippen molar-refractivity contribution in [1.82, 2.24) is 10.4 Å². The predicted molar refractivity (Wildman–Crippen MR) is 96.5 cm³/mol. The van der Waals surface area contributed by atoms with Crippen molar-refractivity contribution >= 4 is 40.0 Å². The summed E-state index contributed by atoms with van der Waals surface area (Å²) in [5, 5.41) is 7.86. The second-order valence-corrected chi connectivity index (χ2v) is 6.66. The summed E-state index contributed by atoms with van der Waals surface area (Å²) in [6.07, 6.45) is -0.896. The van der Waals surface area contributed by atoms with Crippen LogP contribution in [0, 0.1) is 11.6 Å². The highest BCUT2D eigenvalue weighted by Crippen LogP contribution is 2.26. The monoisotopic (exact) mass is 408 g/mol. The number of aromatic nitrogens is 1. The summed E-state index contributed by atoms with van der Waals surface area (Å²) >= 11 is 1.08. The molecule has 11 heteroatoms. The Hall–Kier alpha value is -3.21. The molecule has 0 radical (unpaired) electrons. The molecular formula is C17H14F2N4O4S. The summed E-state index contributed by atoms with van der Waals surface area (Å²) in [5.41, 5.74) is 2.90. The Morgan fingerprint density at radius 3 is 2.75 bits per heavy atom. The number of benzene rings is 1. The van der Waals surface area contributed by atoms with Crippen LogP contribution in [0.3, 0.4) is 0 Å². The first-order chi connectivity index (χ1) is 13.3. The number of anilines is 1. The fourth-order valence-corrected chi connectivity index (χ4v) is 2.95. The van der Waals surface area contributed by atoms with Gasteiger partial charge >= 0.3 is 5.97 Å². The van der Waals surface area contributed by atoms with Gasteiger partial charge in [-0.05, 0) is 25.1 Å². The number of hydrogen-bond acceptors (Lipinski definition) is 7. The van der Waals surface area contributed by atoms with E-state index in [1.54, 1.807) is 5.38 Å². The highest BCUT2D eigenvalue weighted by molar-refractivity contribution is 7.14. The number of hydrazone groups is 1. The molecule has 2 aromatic rings. The van der Waals surface area contributed by atoms with Gasteiger partial charge in [-0.3, -0.25) is 14.9 Å². The van der Waals surface area contributed by atoms with E-state index < -0.39 is 29.6 Å². The molecule has 1 aromatic carbocycles. The Morgan fingerprint density at radius 1 is 1.29 bits per heavy atom. The molecule has 1 aliphatic heterocycles. The van der Waals surface area contributed by atoms with Crippen LogP contribution in [0.2, 0.25) is 0 Å². The molecule has 0 fully saturated rings. The Labute approximate surface area is 161 Å². The van der Waals surface area contributed by atoms with Gasteiger partial charge < -0.3 is 4.74 Å². The number of hydrogen-bond donors (Lipinski definition) is 2. The number of ether oxygens (including phenoxy) is 1. The third kappa shape index (κ3) is 4.55. The van der Waals surface area contributed by atoms with E-state index in [1.807, 2.05) is 0 Å². The largest absolute Gasteiger partial charge is 0.448 e. The van der Waals surface area contributed by atoms with Gasteiger partial charge in [0.1, 0.15) is 5.71 Å². The van der Waals surface area contributed by atoms with Gasteiger partial charge in [0.15, 0.2) is 22.9 Å². The first-order valence-electron chi connectivity index (χ1n) is 8.11. The number of carbonyl (C=O) groups is 3. The molecule has 0 bridgehead atoms. The molecule has 0 saturated heterocycles. The van der Waals surface area contributed by atoms with Crippen LogP contribution in [0.25, 0.3) is 11.3 Å². The normalized spacial score (nSPS) is 14.7. The maximum absolute atomic E-state index is 13.3. The Bertz CT molecular complexity index is 976. The van der Waals surface area contributed by atoms with Crippen LogP contribution in [-0.2, 0) is 19.1 Å². The minimum absolute atomic E-state index is 0.0223. The van der Waals surface area contributed by atoms with E-state index in [1.165, 1.54) is 13.0 Å². The van der Waals surface area contributed by atoms with Crippen molar-refractivity contribution in [3.63, 3.8) is 0 Å². The van der Waals surface area contributed by atoms with E-state index in [0.717, 1.165) is 23.5 Å². The van der Waals surface area contributed by atoms with Gasteiger partial charge in [0.2, 0.25) is 5.91 Å². The van der Waals surface area contributed by atoms with E-state index >= 15 is 0 Å². The number of esters is 1. The third-order valence-electron chi connectivity index (χ3n) is 3.74. The van der Waals surface area contributed by atoms with Crippen LogP contribution in [0.5, 0.6) is 0 Å². The molecule has 0 aliphatic carbocycles. The number of carbonyl (C=O) groups excluding carboxylic acids is 3. The van der Waals surface area contributed by atoms with Crippen LogP contribution in [0.1, 0.15) is 19.8 Å². The molecule has 8 nitrogen and oxygen atoms in total. The number of nitrogens with one attached hydrogen (secondary N) is 2. The summed E-state index contributed by atoms with van der Waals surface area (Å²) in [6.45, 7) is 1.37. The van der Waals surface area contributed by atoms with Gasteiger partial charge in [-0.15, -0.1) is 11.3 Å². The van der Waals surface area contributed by atoms with Crippen LogP contribution >= 0.6 is 11.3 Å². The lowest BCUT2D eigenvalue weighted by Crippen LogP contribution is -2.35. The third-order valence-corrected chi connectivity index (χ3v) is 4.50. The molecule has 146 valence electrons. The molecule has 2 N–H and O–H groups in total. The highest BCUT2D eigenvalue weighted by atomic mass is 32.1. The number of halogens is 2. The van der Waals surface area contributed by atoms with Crippen molar-refractivity contribution < 1.29 is 27.9 Å². The van der Waals surface area contributed by atoms with E-state index in [2.05, 4.69) is 20.8 Å². The molecule has 0 saturated carbocycles. The van der Waals surface area contributed by atoms with Crippen molar-refractivity contribution in [2.75, 3.05) is 5.32 Å². The SMILES string of the molecule is C[C@H](OC(=O)C1=NNC(=O)CC1)C(=O)Nc1nc(-c2ccc(F)c(F)c2)cs1. The van der Waals surface area contributed by atoms with E-state index in [0.29, 0.717) is 11.3 Å². The fraction of sp³-hybridized carbons (Fsp3) is 0.235. The van der Waals surface area contributed by atoms with Crippen molar-refractivity contribution in [2.24, 2.45) is 5.10 Å². The zero-order chi connectivity index (χ0) is 20.3. The Morgan fingerprint density at radius 2 is 2.07 bits per heavy atom. The number of rotatable bonds is 5. The van der Waals surface area contributed by atoms with Gasteiger partial charge in [-0.2, -0.15) is 5.10 Å². The van der Waals surface area contributed by atoms with Gasteiger partial charge in [0.25, 0.3) is 5.91 Å². The van der Waals surface area contributed by atoms with Crippen molar-refractivity contribution in [3.8, 4) is 11.3 Å². The Kier molecular flexibility index (Phi) is 5.73. The topological polar surface area (TPSA) is 110 Å². The fourth-order valence-electron chi connectivity index (χ4n) is 2.23. The maximum atomic E-state index is 13.3. The maximum Gasteiger partial charge on any atom is 0.355 e. The summed E-state index contributed by atoms with van der Waals surface area (Å²) in [4.78, 5) is 39.3. The average Bonchev–Trinajstić information content (AvgIpc) is 3.12. The molecule has 0 spiro atoms. The summed E-state index contributed by atoms with van der Waals surface area (Å²) in [6, 6.07) is 3.36. The van der Waals surface area contributed by atoms with Crippen molar-refractivity contribution in [2.45, 2.75) is 25.9 Å². The summed E-state index contributed by atoms with van der Waals surface area (Å²) in [5.74, 6) is -3.70. The molecule has 2 heterocycles. The predicted octanol–water partition coefficient (Wildman–Crippen LogP) is 2.22. The van der Waals surface area contributed by atoms with E-state index in [9.17, 15) is 23.2 Å². The number of amides is 2. The lowest BCUT2D eigenvalue weighted by atomic mass is 10.2. The Balaban J connectivity index is 1.60. The smallest absolute Gasteiger partial charge is 0.355 e. The molecular weight excluding hydrogens is 394 g/mol. The second kappa shape index (κ2) is 8.21. The zero-order valence-corrected chi connectivity index (χ0v) is 15.3. The molecule has 3 rings (SSSR count). The molecule has 1 aromatic heterocycles. The molecule has 1 atom stereocenters. The number of nitrogens with zero attached hydrogens (tertiary/aromatic N) is 2.